The van der Waals surface area contributed by atoms with E-state index in [-0.39, 0.29) is 0 Å². The molecule has 0 spiro atoms. The Bertz CT molecular complexity index is 624. The highest BCUT2D eigenvalue weighted by atomic mass is 16.8. The first kappa shape index (κ1) is 27.0. The van der Waals surface area contributed by atoms with E-state index < -0.39 is 105 Å². The van der Waals surface area contributed by atoms with Gasteiger partial charge in [-0.25, -0.2) is 0 Å². The van der Waals surface area contributed by atoms with Gasteiger partial charge in [0, 0.05) is 0 Å². The summed E-state index contributed by atoms with van der Waals surface area (Å²) >= 11 is 0. The first-order valence-corrected chi connectivity index (χ1v) is 10.4. The minimum absolute atomic E-state index is 0.730. The molecule has 15 atom stereocenters. The van der Waals surface area contributed by atoms with Gasteiger partial charge in [-0.2, -0.15) is 0 Å². The van der Waals surface area contributed by atoms with Crippen molar-refractivity contribution >= 4 is 0 Å². The molecule has 0 aliphatic carbocycles. The molecule has 194 valence electrons. The molecule has 3 aliphatic rings. The molecule has 15 heteroatoms. The van der Waals surface area contributed by atoms with Crippen molar-refractivity contribution in [1.82, 2.24) is 0 Å². The third kappa shape index (κ3) is 5.32. The van der Waals surface area contributed by atoms with Crippen molar-refractivity contribution in [2.75, 3.05) is 13.2 Å². The van der Waals surface area contributed by atoms with Gasteiger partial charge in [-0.3, -0.25) is 0 Å². The summed E-state index contributed by atoms with van der Waals surface area (Å²) < 4.78 is 26.6. The highest BCUT2D eigenvalue weighted by Crippen LogP contribution is 2.32. The molecule has 3 fully saturated rings. The van der Waals surface area contributed by atoms with Crippen LogP contribution in [-0.4, -0.2) is 156 Å². The summed E-state index contributed by atoms with van der Waals surface area (Å²) in [6, 6.07) is 0. The summed E-state index contributed by atoms with van der Waals surface area (Å²) in [5.74, 6) is 0. The van der Waals surface area contributed by atoms with E-state index in [4.69, 9.17) is 23.7 Å². The SMILES string of the molecule is C[C@@H]1O[C@@H](O[C@H]2C(O)O[C@H](CO)[C@@H](O[C@@H]3O[C@H](CO)[C@H](O)[C@H](O)[C@H]3O)[C@@H]2O)[C@@H](O)[C@H](O)[C@@H]1O. The maximum Gasteiger partial charge on any atom is 0.187 e. The van der Waals surface area contributed by atoms with Crippen LogP contribution in [0.15, 0.2) is 0 Å². The van der Waals surface area contributed by atoms with Crippen LogP contribution in [0, 0.1) is 0 Å². The molecule has 10 N–H and O–H groups in total. The molecule has 0 amide bonds. The van der Waals surface area contributed by atoms with E-state index in [9.17, 15) is 51.1 Å². The Balaban J connectivity index is 1.75. The maximum absolute atomic E-state index is 10.8. The van der Waals surface area contributed by atoms with Crippen molar-refractivity contribution in [2.24, 2.45) is 0 Å². The quantitative estimate of drug-likeness (QED) is 0.167. The highest BCUT2D eigenvalue weighted by molar-refractivity contribution is 4.95. The Labute approximate surface area is 187 Å². The van der Waals surface area contributed by atoms with Gasteiger partial charge in [0.2, 0.25) is 0 Å². The van der Waals surface area contributed by atoms with Gasteiger partial charge in [0.25, 0.3) is 0 Å². The van der Waals surface area contributed by atoms with Gasteiger partial charge in [-0.05, 0) is 6.92 Å². The summed E-state index contributed by atoms with van der Waals surface area (Å²) in [5, 5.41) is 99.8. The molecule has 33 heavy (non-hydrogen) atoms. The zero-order valence-corrected chi connectivity index (χ0v) is 17.6. The Morgan fingerprint density at radius 2 is 1.06 bits per heavy atom. The number of aliphatic hydroxyl groups excluding tert-OH is 10. The molecule has 0 aromatic carbocycles. The van der Waals surface area contributed by atoms with Crippen LogP contribution < -0.4 is 0 Å². The lowest BCUT2D eigenvalue weighted by Gasteiger charge is -2.47. The fourth-order valence-electron chi connectivity index (χ4n) is 3.99. The maximum atomic E-state index is 10.8. The number of aliphatic hydroxyl groups is 10. The van der Waals surface area contributed by atoms with Crippen LogP contribution in [-0.2, 0) is 23.7 Å². The van der Waals surface area contributed by atoms with Gasteiger partial charge < -0.3 is 74.7 Å². The average Bonchev–Trinajstić information content (AvgIpc) is 2.79. The summed E-state index contributed by atoms with van der Waals surface area (Å²) in [7, 11) is 0. The smallest absolute Gasteiger partial charge is 0.187 e. The molecule has 0 bridgehead atoms. The predicted octanol–water partition coefficient (Wildman–Crippen LogP) is -6.55. The first-order chi connectivity index (χ1) is 15.5. The van der Waals surface area contributed by atoms with E-state index in [2.05, 4.69) is 0 Å². The zero-order chi connectivity index (χ0) is 24.6. The van der Waals surface area contributed by atoms with E-state index >= 15 is 0 Å². The standard InChI is InChI=1S/C18H32O15/c1-4-7(21)9(23)11(25)17(29-4)33-15-13(27)14(6(3-20)30-16(15)28)32-18-12(26)10(24)8(22)5(2-19)31-18/h4-28H,2-3H2,1H3/t4-,5+,6+,7+,8-,9+,10-,11-,12+,13-,14+,15+,16?,17-,18-/m0/s1. The van der Waals surface area contributed by atoms with Crippen LogP contribution in [0.5, 0.6) is 0 Å². The van der Waals surface area contributed by atoms with Crippen LogP contribution in [0.1, 0.15) is 6.92 Å². The summed E-state index contributed by atoms with van der Waals surface area (Å²) in [4.78, 5) is 0. The average molecular weight is 488 g/mol. The van der Waals surface area contributed by atoms with Gasteiger partial charge in [-0.1, -0.05) is 0 Å². The van der Waals surface area contributed by atoms with E-state index in [0.717, 1.165) is 0 Å². The van der Waals surface area contributed by atoms with Gasteiger partial charge in [-0.15, -0.1) is 0 Å². The molecule has 0 aromatic heterocycles. The van der Waals surface area contributed by atoms with Crippen LogP contribution >= 0.6 is 0 Å². The lowest BCUT2D eigenvalue weighted by molar-refractivity contribution is -0.381. The molecule has 0 saturated carbocycles. The fourth-order valence-corrected chi connectivity index (χ4v) is 3.99. The van der Waals surface area contributed by atoms with Crippen molar-refractivity contribution in [2.45, 2.75) is 99.0 Å². The normalized spacial score (nSPS) is 53.7. The lowest BCUT2D eigenvalue weighted by Crippen LogP contribution is -2.66. The summed E-state index contributed by atoms with van der Waals surface area (Å²) in [6.45, 7) is -0.105. The minimum atomic E-state index is -1.86. The molecule has 3 aliphatic heterocycles. The molecule has 0 aromatic rings. The largest absolute Gasteiger partial charge is 0.394 e. The topological polar surface area (TPSA) is 248 Å². The van der Waals surface area contributed by atoms with Crippen molar-refractivity contribution in [3.8, 4) is 0 Å². The minimum Gasteiger partial charge on any atom is -0.394 e. The monoisotopic (exact) mass is 488 g/mol. The number of hydrogen-bond acceptors (Lipinski definition) is 15. The second-order valence-electron chi connectivity index (χ2n) is 8.32. The second-order valence-corrected chi connectivity index (χ2v) is 8.32. The van der Waals surface area contributed by atoms with Crippen molar-refractivity contribution in [3.63, 3.8) is 0 Å². The van der Waals surface area contributed by atoms with Gasteiger partial charge >= 0.3 is 0 Å². The molecular formula is C18H32O15. The predicted molar refractivity (Wildman–Crippen MR) is 99.8 cm³/mol. The summed E-state index contributed by atoms with van der Waals surface area (Å²) in [5.41, 5.74) is 0. The highest BCUT2D eigenvalue weighted by Gasteiger charge is 2.53. The van der Waals surface area contributed by atoms with Gasteiger partial charge in [0.15, 0.2) is 18.9 Å². The number of hydrogen-bond donors (Lipinski definition) is 10. The van der Waals surface area contributed by atoms with Crippen molar-refractivity contribution in [1.29, 1.82) is 0 Å². The van der Waals surface area contributed by atoms with Crippen LogP contribution in [0.4, 0.5) is 0 Å². The van der Waals surface area contributed by atoms with E-state index in [0.29, 0.717) is 0 Å². The Morgan fingerprint density at radius 3 is 1.64 bits per heavy atom. The van der Waals surface area contributed by atoms with Crippen LogP contribution in [0.3, 0.4) is 0 Å². The van der Waals surface area contributed by atoms with Gasteiger partial charge in [0.1, 0.15) is 67.1 Å². The molecule has 0 radical (unpaired) electrons. The molecule has 15 nitrogen and oxygen atoms in total. The Kier molecular flexibility index (Phi) is 8.99. The molecule has 1 unspecified atom stereocenters. The van der Waals surface area contributed by atoms with E-state index in [1.807, 2.05) is 0 Å². The lowest BCUT2D eigenvalue weighted by atomic mass is 9.96. The van der Waals surface area contributed by atoms with Crippen molar-refractivity contribution < 1.29 is 74.7 Å². The zero-order valence-electron chi connectivity index (χ0n) is 17.6. The van der Waals surface area contributed by atoms with Crippen LogP contribution in [0.2, 0.25) is 0 Å². The molecule has 3 heterocycles. The first-order valence-electron chi connectivity index (χ1n) is 10.4. The molecule has 3 saturated heterocycles. The molecule has 3 rings (SSSR count). The third-order valence-electron chi connectivity index (χ3n) is 6.05. The van der Waals surface area contributed by atoms with E-state index in [1.54, 1.807) is 0 Å². The number of ether oxygens (including phenoxy) is 5. The third-order valence-corrected chi connectivity index (χ3v) is 6.05. The Morgan fingerprint density at radius 1 is 0.545 bits per heavy atom. The summed E-state index contributed by atoms with van der Waals surface area (Å²) in [6.07, 6.45) is -23.9. The Hall–Kier alpha value is -0.600. The fraction of sp³-hybridized carbons (Fsp3) is 1.00. The van der Waals surface area contributed by atoms with E-state index in [1.165, 1.54) is 6.92 Å². The number of rotatable bonds is 6. The van der Waals surface area contributed by atoms with Gasteiger partial charge in [0.05, 0.1) is 19.3 Å². The molecular weight excluding hydrogens is 456 g/mol. The van der Waals surface area contributed by atoms with Crippen molar-refractivity contribution in [3.05, 3.63) is 0 Å². The van der Waals surface area contributed by atoms with Crippen LogP contribution in [0.25, 0.3) is 0 Å². The second kappa shape index (κ2) is 11.0.